The monoisotopic (exact) mass is 545 g/mol. The summed E-state index contributed by atoms with van der Waals surface area (Å²) in [6.07, 6.45) is -0.179. The zero-order chi connectivity index (χ0) is 28.0. The minimum Gasteiger partial charge on any atom is -0.496 e. The number of benzene rings is 2. The molecule has 10 nitrogen and oxygen atoms in total. The Morgan fingerprint density at radius 1 is 1.05 bits per heavy atom. The molecule has 1 heterocycles. The average Bonchev–Trinajstić information content (AvgIpc) is 2.91. The second-order valence-electron chi connectivity index (χ2n) is 9.37. The molecule has 2 amide bonds. The van der Waals surface area contributed by atoms with Gasteiger partial charge in [0.15, 0.2) is 0 Å². The molecule has 38 heavy (non-hydrogen) atoms. The molecule has 0 N–H and O–H groups in total. The maximum absolute atomic E-state index is 14.0. The van der Waals surface area contributed by atoms with Crippen molar-refractivity contribution in [3.8, 4) is 5.75 Å². The van der Waals surface area contributed by atoms with Gasteiger partial charge in [0.2, 0.25) is 21.8 Å². The van der Waals surface area contributed by atoms with Crippen LogP contribution in [0.4, 0.5) is 0 Å². The van der Waals surface area contributed by atoms with Gasteiger partial charge in [-0.2, -0.15) is 4.31 Å². The smallest absolute Gasteiger partial charge is 0.310 e. The van der Waals surface area contributed by atoms with Crippen LogP contribution >= 0.6 is 0 Å². The number of sulfonamides is 1. The fourth-order valence-corrected chi connectivity index (χ4v) is 6.06. The lowest BCUT2D eigenvalue weighted by Gasteiger charge is -2.42. The average molecular weight is 546 g/mol. The maximum Gasteiger partial charge on any atom is 0.310 e. The lowest BCUT2D eigenvalue weighted by atomic mass is 10.1. The van der Waals surface area contributed by atoms with Crippen LogP contribution in [-0.2, 0) is 42.1 Å². The Kier molecular flexibility index (Phi) is 9.50. The Morgan fingerprint density at radius 3 is 2.32 bits per heavy atom. The number of carbonyl (C=O) groups excluding carboxylic acids is 3. The van der Waals surface area contributed by atoms with Crippen molar-refractivity contribution in [2.75, 3.05) is 33.9 Å². The van der Waals surface area contributed by atoms with Crippen LogP contribution in [0.25, 0.3) is 0 Å². The van der Waals surface area contributed by atoms with E-state index in [1.807, 2.05) is 44.2 Å². The van der Waals surface area contributed by atoms with E-state index < -0.39 is 22.0 Å². The number of ether oxygens (including phenoxy) is 2. The van der Waals surface area contributed by atoms with E-state index in [2.05, 4.69) is 0 Å². The quantitative estimate of drug-likeness (QED) is 0.443. The van der Waals surface area contributed by atoms with E-state index >= 15 is 0 Å². The molecule has 1 atom stereocenters. The number of hydrogen-bond donors (Lipinski definition) is 0. The van der Waals surface area contributed by atoms with E-state index in [9.17, 15) is 22.8 Å². The molecule has 2 aromatic rings. The van der Waals surface area contributed by atoms with Gasteiger partial charge in [0.05, 0.1) is 25.5 Å². The number of methoxy groups -OCH3 is 2. The molecule has 1 aliphatic rings. The van der Waals surface area contributed by atoms with Crippen LogP contribution < -0.4 is 4.74 Å². The highest BCUT2D eigenvalue weighted by atomic mass is 32.2. The SMILES string of the molecule is COC(=O)Cc1cc(S(=O)(=O)N2CCN(C(C)=O)CC2C(=O)N(Cc2ccccc2)C(C)C)ccc1OC. The summed E-state index contributed by atoms with van der Waals surface area (Å²) in [6, 6.07) is 12.3. The second-order valence-corrected chi connectivity index (χ2v) is 11.3. The molecule has 2 aromatic carbocycles. The summed E-state index contributed by atoms with van der Waals surface area (Å²) >= 11 is 0. The van der Waals surface area contributed by atoms with Crippen molar-refractivity contribution in [3.63, 3.8) is 0 Å². The fraction of sp³-hybridized carbons (Fsp3) is 0.444. The van der Waals surface area contributed by atoms with Gasteiger partial charge >= 0.3 is 5.97 Å². The third-order valence-corrected chi connectivity index (χ3v) is 8.49. The van der Waals surface area contributed by atoms with E-state index in [0.717, 1.165) is 5.56 Å². The number of esters is 1. The van der Waals surface area contributed by atoms with Crippen LogP contribution in [0, 0.1) is 0 Å². The molecule has 1 aliphatic heterocycles. The first kappa shape index (κ1) is 29.1. The minimum absolute atomic E-state index is 0.0477. The summed E-state index contributed by atoms with van der Waals surface area (Å²) in [6.45, 7) is 5.49. The standard InChI is InChI=1S/C27H35N3O7S/c1-19(2)29(17-21-9-7-6-8-10-21)27(33)24-18-28(20(3)31)13-14-30(24)38(34,35)23-11-12-25(36-4)22(15-23)16-26(32)37-5/h6-12,15,19,24H,13-14,16-18H2,1-5H3. The zero-order valence-corrected chi connectivity index (χ0v) is 23.2. The van der Waals surface area contributed by atoms with E-state index in [0.29, 0.717) is 17.9 Å². The van der Waals surface area contributed by atoms with Gasteiger partial charge in [-0.15, -0.1) is 0 Å². The molecule has 0 bridgehead atoms. The zero-order valence-electron chi connectivity index (χ0n) is 22.4. The van der Waals surface area contributed by atoms with Crippen LogP contribution in [-0.4, -0.2) is 86.2 Å². The Bertz CT molecular complexity index is 1260. The molecule has 0 aromatic heterocycles. The predicted molar refractivity (Wildman–Crippen MR) is 141 cm³/mol. The Balaban J connectivity index is 2.01. The van der Waals surface area contributed by atoms with Gasteiger partial charge < -0.3 is 19.3 Å². The third-order valence-electron chi connectivity index (χ3n) is 6.58. The fourth-order valence-electron chi connectivity index (χ4n) is 4.44. The first-order chi connectivity index (χ1) is 18.0. The maximum atomic E-state index is 14.0. The normalized spacial score (nSPS) is 16.3. The van der Waals surface area contributed by atoms with Gasteiger partial charge in [-0.3, -0.25) is 14.4 Å². The van der Waals surface area contributed by atoms with Crippen LogP contribution in [0.2, 0.25) is 0 Å². The van der Waals surface area contributed by atoms with Crippen LogP contribution in [0.1, 0.15) is 31.9 Å². The van der Waals surface area contributed by atoms with Crippen molar-refractivity contribution in [3.05, 3.63) is 59.7 Å². The second kappa shape index (κ2) is 12.4. The van der Waals surface area contributed by atoms with E-state index in [1.165, 1.54) is 48.5 Å². The molecule has 1 fully saturated rings. The highest BCUT2D eigenvalue weighted by Crippen LogP contribution is 2.28. The number of amides is 2. The van der Waals surface area contributed by atoms with Crippen molar-refractivity contribution >= 4 is 27.8 Å². The van der Waals surface area contributed by atoms with Crippen molar-refractivity contribution in [2.45, 2.75) is 50.7 Å². The molecular weight excluding hydrogens is 510 g/mol. The number of piperazine rings is 1. The molecule has 0 spiro atoms. The highest BCUT2D eigenvalue weighted by molar-refractivity contribution is 7.89. The molecule has 206 valence electrons. The molecule has 1 saturated heterocycles. The molecule has 3 rings (SSSR count). The Morgan fingerprint density at radius 2 is 1.74 bits per heavy atom. The predicted octanol–water partition coefficient (Wildman–Crippen LogP) is 2.07. The van der Waals surface area contributed by atoms with Crippen LogP contribution in [0.5, 0.6) is 5.75 Å². The summed E-state index contributed by atoms with van der Waals surface area (Å²) in [7, 11) is -1.52. The van der Waals surface area contributed by atoms with Gasteiger partial charge in [0.1, 0.15) is 11.8 Å². The number of carbonyl (C=O) groups is 3. The van der Waals surface area contributed by atoms with Gasteiger partial charge in [-0.25, -0.2) is 8.42 Å². The van der Waals surface area contributed by atoms with Crippen molar-refractivity contribution in [1.82, 2.24) is 14.1 Å². The van der Waals surface area contributed by atoms with Gasteiger partial charge in [-0.05, 0) is 37.6 Å². The topological polar surface area (TPSA) is 114 Å². The molecule has 11 heteroatoms. The van der Waals surface area contributed by atoms with Crippen molar-refractivity contribution in [2.24, 2.45) is 0 Å². The molecule has 0 saturated carbocycles. The molecular formula is C27H35N3O7S. The Hall–Kier alpha value is -3.44. The molecule has 1 unspecified atom stereocenters. The largest absolute Gasteiger partial charge is 0.496 e. The molecule has 0 radical (unpaired) electrons. The number of nitrogens with zero attached hydrogens (tertiary/aromatic N) is 3. The first-order valence-corrected chi connectivity index (χ1v) is 13.8. The van der Waals surface area contributed by atoms with Crippen molar-refractivity contribution < 1.29 is 32.3 Å². The summed E-state index contributed by atoms with van der Waals surface area (Å²) in [4.78, 5) is 41.1. The van der Waals surface area contributed by atoms with Crippen LogP contribution in [0.15, 0.2) is 53.4 Å². The number of rotatable bonds is 9. The Labute approximate surface area is 224 Å². The van der Waals surface area contributed by atoms with Gasteiger partial charge in [0.25, 0.3) is 0 Å². The number of hydrogen-bond acceptors (Lipinski definition) is 7. The summed E-state index contributed by atoms with van der Waals surface area (Å²) in [5.74, 6) is -0.822. The summed E-state index contributed by atoms with van der Waals surface area (Å²) < 4.78 is 39.1. The highest BCUT2D eigenvalue weighted by Gasteiger charge is 2.43. The lowest BCUT2D eigenvalue weighted by Crippen LogP contribution is -2.62. The summed E-state index contributed by atoms with van der Waals surface area (Å²) in [5, 5.41) is 0. The minimum atomic E-state index is -4.19. The molecule has 0 aliphatic carbocycles. The lowest BCUT2D eigenvalue weighted by molar-refractivity contribution is -0.142. The van der Waals surface area contributed by atoms with Gasteiger partial charge in [0, 0.05) is 44.7 Å². The van der Waals surface area contributed by atoms with Crippen molar-refractivity contribution in [1.29, 1.82) is 0 Å². The first-order valence-electron chi connectivity index (χ1n) is 12.3. The van der Waals surface area contributed by atoms with Crippen LogP contribution in [0.3, 0.4) is 0 Å². The van der Waals surface area contributed by atoms with Gasteiger partial charge in [-0.1, -0.05) is 30.3 Å². The van der Waals surface area contributed by atoms with E-state index in [1.54, 1.807) is 4.90 Å². The summed E-state index contributed by atoms with van der Waals surface area (Å²) in [5.41, 5.74) is 1.25. The van der Waals surface area contributed by atoms with E-state index in [4.69, 9.17) is 9.47 Å². The third kappa shape index (κ3) is 6.51. The van der Waals surface area contributed by atoms with E-state index in [-0.39, 0.29) is 48.8 Å².